The topological polar surface area (TPSA) is 37.3 Å². The summed E-state index contributed by atoms with van der Waals surface area (Å²) in [5, 5.41) is 9.37. The molecular formula is C12H16O2S. The Morgan fingerprint density at radius 3 is 2.47 bits per heavy atom. The van der Waals surface area contributed by atoms with Crippen molar-refractivity contribution in [1.29, 1.82) is 0 Å². The standard InChI is InChI=1S/C12H16O2S/c1-9(13)10(2)15-8-12(14)11-6-4-3-5-7-11/h3-7,9-10,13H,8H2,1-2H3. The number of benzene rings is 1. The quantitative estimate of drug-likeness (QED) is 0.780. The third-order valence-electron chi connectivity index (χ3n) is 2.25. The molecule has 0 heterocycles. The van der Waals surface area contributed by atoms with Gasteiger partial charge in [-0.25, -0.2) is 0 Å². The number of carbonyl (C=O) groups excluding carboxylic acids is 1. The molecule has 15 heavy (non-hydrogen) atoms. The largest absolute Gasteiger partial charge is 0.392 e. The highest BCUT2D eigenvalue weighted by Gasteiger charge is 2.12. The summed E-state index contributed by atoms with van der Waals surface area (Å²) in [6, 6.07) is 9.24. The molecule has 2 unspecified atom stereocenters. The van der Waals surface area contributed by atoms with E-state index in [0.717, 1.165) is 5.56 Å². The molecule has 0 aliphatic rings. The lowest BCUT2D eigenvalue weighted by Gasteiger charge is -2.13. The van der Waals surface area contributed by atoms with Crippen LogP contribution in [0.15, 0.2) is 30.3 Å². The van der Waals surface area contributed by atoms with Crippen molar-refractivity contribution in [3.05, 3.63) is 35.9 Å². The molecule has 0 amide bonds. The third-order valence-corrected chi connectivity index (χ3v) is 3.60. The number of hydrogen-bond donors (Lipinski definition) is 1. The highest BCUT2D eigenvalue weighted by Crippen LogP contribution is 2.15. The van der Waals surface area contributed by atoms with Crippen LogP contribution in [0.4, 0.5) is 0 Å². The van der Waals surface area contributed by atoms with Gasteiger partial charge in [0.25, 0.3) is 0 Å². The van der Waals surface area contributed by atoms with Crippen LogP contribution in [-0.2, 0) is 0 Å². The minimum atomic E-state index is -0.376. The molecule has 0 aromatic heterocycles. The second-order valence-corrected chi connectivity index (χ2v) is 4.91. The van der Waals surface area contributed by atoms with E-state index in [1.54, 1.807) is 6.92 Å². The molecule has 0 saturated heterocycles. The third kappa shape index (κ3) is 4.06. The van der Waals surface area contributed by atoms with Crippen LogP contribution in [-0.4, -0.2) is 28.0 Å². The Bertz CT molecular complexity index is 309. The van der Waals surface area contributed by atoms with Crippen LogP contribution in [0, 0.1) is 0 Å². The molecular weight excluding hydrogens is 208 g/mol. The fourth-order valence-electron chi connectivity index (χ4n) is 1.05. The summed E-state index contributed by atoms with van der Waals surface area (Å²) >= 11 is 1.49. The summed E-state index contributed by atoms with van der Waals surface area (Å²) < 4.78 is 0. The summed E-state index contributed by atoms with van der Waals surface area (Å²) in [6.07, 6.45) is -0.376. The first-order chi connectivity index (χ1) is 7.11. The molecule has 3 heteroatoms. The molecule has 2 nitrogen and oxygen atoms in total. The zero-order chi connectivity index (χ0) is 11.3. The number of thioether (sulfide) groups is 1. The monoisotopic (exact) mass is 224 g/mol. The molecule has 0 saturated carbocycles. The first kappa shape index (κ1) is 12.3. The number of carbonyl (C=O) groups is 1. The number of hydrogen-bond acceptors (Lipinski definition) is 3. The number of aliphatic hydroxyl groups excluding tert-OH is 1. The minimum absolute atomic E-state index is 0.0951. The van der Waals surface area contributed by atoms with Gasteiger partial charge in [0, 0.05) is 10.8 Å². The van der Waals surface area contributed by atoms with Gasteiger partial charge in [-0.3, -0.25) is 4.79 Å². The van der Waals surface area contributed by atoms with Gasteiger partial charge in [-0.1, -0.05) is 37.3 Å². The fourth-order valence-corrected chi connectivity index (χ4v) is 1.91. The van der Waals surface area contributed by atoms with Crippen molar-refractivity contribution in [2.45, 2.75) is 25.2 Å². The minimum Gasteiger partial charge on any atom is -0.392 e. The predicted molar refractivity (Wildman–Crippen MR) is 64.4 cm³/mol. The lowest BCUT2D eigenvalue weighted by molar-refractivity contribution is 0.102. The molecule has 0 aliphatic carbocycles. The van der Waals surface area contributed by atoms with E-state index in [9.17, 15) is 9.90 Å². The van der Waals surface area contributed by atoms with Crippen molar-refractivity contribution < 1.29 is 9.90 Å². The van der Waals surface area contributed by atoms with E-state index in [1.807, 2.05) is 37.3 Å². The highest BCUT2D eigenvalue weighted by molar-refractivity contribution is 8.00. The first-order valence-corrected chi connectivity index (χ1v) is 6.04. The number of rotatable bonds is 5. The summed E-state index contributed by atoms with van der Waals surface area (Å²) in [7, 11) is 0. The molecule has 0 aliphatic heterocycles. The van der Waals surface area contributed by atoms with Gasteiger partial charge in [-0.2, -0.15) is 0 Å². The van der Waals surface area contributed by atoms with E-state index in [1.165, 1.54) is 11.8 Å². The molecule has 0 spiro atoms. The van der Waals surface area contributed by atoms with Crippen molar-refractivity contribution >= 4 is 17.5 Å². The van der Waals surface area contributed by atoms with E-state index < -0.39 is 0 Å². The van der Waals surface area contributed by atoms with E-state index in [-0.39, 0.29) is 17.1 Å². The van der Waals surface area contributed by atoms with Gasteiger partial charge >= 0.3 is 0 Å². The van der Waals surface area contributed by atoms with Crippen molar-refractivity contribution in [3.63, 3.8) is 0 Å². The number of Topliss-reactive ketones (excluding diaryl/α,β-unsaturated/α-hetero) is 1. The average molecular weight is 224 g/mol. The molecule has 1 N–H and O–H groups in total. The predicted octanol–water partition coefficient (Wildman–Crippen LogP) is 2.37. The van der Waals surface area contributed by atoms with E-state index >= 15 is 0 Å². The van der Waals surface area contributed by atoms with Gasteiger partial charge in [0.1, 0.15) is 0 Å². The maximum Gasteiger partial charge on any atom is 0.172 e. The van der Waals surface area contributed by atoms with Crippen LogP contribution in [0.1, 0.15) is 24.2 Å². The van der Waals surface area contributed by atoms with Crippen LogP contribution in [0.5, 0.6) is 0 Å². The Hall–Kier alpha value is -0.800. The van der Waals surface area contributed by atoms with Crippen molar-refractivity contribution in [2.24, 2.45) is 0 Å². The number of ketones is 1. The SMILES string of the molecule is CC(O)C(C)SCC(=O)c1ccccc1. The van der Waals surface area contributed by atoms with Gasteiger partial charge in [-0.05, 0) is 6.92 Å². The molecule has 2 atom stereocenters. The zero-order valence-electron chi connectivity index (χ0n) is 9.01. The molecule has 1 aromatic rings. The van der Waals surface area contributed by atoms with Crippen molar-refractivity contribution in [3.8, 4) is 0 Å². The molecule has 1 rings (SSSR count). The van der Waals surface area contributed by atoms with Gasteiger partial charge in [0.2, 0.25) is 0 Å². The molecule has 0 fully saturated rings. The summed E-state index contributed by atoms with van der Waals surface area (Å²) in [5.74, 6) is 0.545. The molecule has 0 radical (unpaired) electrons. The van der Waals surface area contributed by atoms with Crippen LogP contribution < -0.4 is 0 Å². The molecule has 0 bridgehead atoms. The van der Waals surface area contributed by atoms with Crippen LogP contribution in [0.25, 0.3) is 0 Å². The molecule has 82 valence electrons. The van der Waals surface area contributed by atoms with Crippen LogP contribution in [0.3, 0.4) is 0 Å². The smallest absolute Gasteiger partial charge is 0.172 e. The maximum atomic E-state index is 11.7. The summed E-state index contributed by atoms with van der Waals surface area (Å²) in [6.45, 7) is 3.66. The van der Waals surface area contributed by atoms with Crippen LogP contribution >= 0.6 is 11.8 Å². The van der Waals surface area contributed by atoms with E-state index in [2.05, 4.69) is 0 Å². The summed E-state index contributed by atoms with van der Waals surface area (Å²) in [5.41, 5.74) is 0.739. The normalized spacial score (nSPS) is 14.6. The summed E-state index contributed by atoms with van der Waals surface area (Å²) in [4.78, 5) is 11.7. The Kier molecular flexibility index (Phi) is 4.85. The second kappa shape index (κ2) is 5.93. The van der Waals surface area contributed by atoms with Gasteiger partial charge < -0.3 is 5.11 Å². The second-order valence-electron chi connectivity index (χ2n) is 3.55. The van der Waals surface area contributed by atoms with Gasteiger partial charge in [0.05, 0.1) is 11.9 Å². The average Bonchev–Trinajstić information content (AvgIpc) is 2.26. The van der Waals surface area contributed by atoms with Gasteiger partial charge in [0.15, 0.2) is 5.78 Å². The lowest BCUT2D eigenvalue weighted by atomic mass is 10.2. The Balaban J connectivity index is 2.44. The zero-order valence-corrected chi connectivity index (χ0v) is 9.83. The Morgan fingerprint density at radius 1 is 1.33 bits per heavy atom. The van der Waals surface area contributed by atoms with Crippen molar-refractivity contribution in [1.82, 2.24) is 0 Å². The van der Waals surface area contributed by atoms with Crippen LogP contribution in [0.2, 0.25) is 0 Å². The maximum absolute atomic E-state index is 11.7. The highest BCUT2D eigenvalue weighted by atomic mass is 32.2. The molecule has 1 aromatic carbocycles. The van der Waals surface area contributed by atoms with Gasteiger partial charge in [-0.15, -0.1) is 11.8 Å². The Labute approximate surface area is 94.7 Å². The number of aliphatic hydroxyl groups is 1. The fraction of sp³-hybridized carbons (Fsp3) is 0.417. The lowest BCUT2D eigenvalue weighted by Crippen LogP contribution is -2.17. The Morgan fingerprint density at radius 2 is 1.93 bits per heavy atom. The van der Waals surface area contributed by atoms with Crippen molar-refractivity contribution in [2.75, 3.05) is 5.75 Å². The van der Waals surface area contributed by atoms with E-state index in [4.69, 9.17) is 0 Å². The van der Waals surface area contributed by atoms with E-state index in [0.29, 0.717) is 5.75 Å². The first-order valence-electron chi connectivity index (χ1n) is 4.99.